The summed E-state index contributed by atoms with van der Waals surface area (Å²) in [5.74, 6) is -2.51. The van der Waals surface area contributed by atoms with Gasteiger partial charge in [-0.1, -0.05) is 23.7 Å². The van der Waals surface area contributed by atoms with Gasteiger partial charge in [0.05, 0.1) is 27.8 Å². The summed E-state index contributed by atoms with van der Waals surface area (Å²) >= 11 is 6.34. The second-order valence-corrected chi connectivity index (χ2v) is 11.6. The quantitative estimate of drug-likeness (QED) is 0.380. The summed E-state index contributed by atoms with van der Waals surface area (Å²) < 4.78 is 33.6. The number of amides is 1. The van der Waals surface area contributed by atoms with E-state index in [1.165, 1.54) is 34.0 Å². The summed E-state index contributed by atoms with van der Waals surface area (Å²) in [6, 6.07) is 11.2. The van der Waals surface area contributed by atoms with Crippen LogP contribution in [0.25, 0.3) is 5.69 Å². The van der Waals surface area contributed by atoms with E-state index in [-0.39, 0.29) is 16.5 Å². The van der Waals surface area contributed by atoms with Crippen molar-refractivity contribution in [1.29, 1.82) is 0 Å². The molecule has 0 spiro atoms. The Morgan fingerprint density at radius 1 is 1.07 bits per heavy atom. The molecule has 0 saturated carbocycles. The Balaban J connectivity index is 0.000000611. The monoisotopic (exact) mass is 592 g/mol. The van der Waals surface area contributed by atoms with Gasteiger partial charge in [-0.15, -0.1) is 0 Å². The molecule has 2 heterocycles. The zero-order valence-corrected chi connectivity index (χ0v) is 24.0. The number of pyridine rings is 1. The van der Waals surface area contributed by atoms with Gasteiger partial charge < -0.3 is 19.8 Å². The first kappa shape index (κ1) is 32.0. The molecule has 0 unspecified atom stereocenters. The standard InChI is InChI=1S/C22H25ClN4O4S.C4H4O4/c1-15-12-17(10-11-24-15)32(29,30)20-13-16(14-26(5)21(28)31-22(2,3)4)25-27(20)19-9-7-6-8-18(19)23;5-3(6)1-2-4(7)8/h6-13H,14H2,1-5H3;1-2H,(H,5,6)(H,7,8)/b;2-1+. The highest BCUT2D eigenvalue weighted by molar-refractivity contribution is 7.91. The van der Waals surface area contributed by atoms with Crippen LogP contribution in [0.4, 0.5) is 4.79 Å². The molecule has 2 aromatic heterocycles. The lowest BCUT2D eigenvalue weighted by Gasteiger charge is -2.24. The van der Waals surface area contributed by atoms with E-state index >= 15 is 0 Å². The number of carbonyl (C=O) groups excluding carboxylic acids is 1. The number of hydrogen-bond acceptors (Lipinski definition) is 8. The number of carbonyl (C=O) groups is 3. The fourth-order valence-corrected chi connectivity index (χ4v) is 4.75. The summed E-state index contributed by atoms with van der Waals surface area (Å²) in [5.41, 5.74) is 0.683. The maximum atomic E-state index is 13.5. The number of hydrogen-bond donors (Lipinski definition) is 2. The van der Waals surface area contributed by atoms with Crippen molar-refractivity contribution in [3.63, 3.8) is 0 Å². The first-order valence-corrected chi connectivity index (χ1v) is 13.5. The van der Waals surface area contributed by atoms with Gasteiger partial charge in [-0.25, -0.2) is 27.5 Å². The molecule has 0 aliphatic carbocycles. The van der Waals surface area contributed by atoms with Gasteiger partial charge in [0, 0.05) is 37.2 Å². The lowest BCUT2D eigenvalue weighted by atomic mass is 10.2. The molecule has 0 saturated heterocycles. The number of rotatable bonds is 7. The van der Waals surface area contributed by atoms with Crippen molar-refractivity contribution in [3.05, 3.63) is 77.2 Å². The first-order valence-electron chi connectivity index (χ1n) is 11.6. The third-order valence-corrected chi connectivity index (χ3v) is 6.77. The van der Waals surface area contributed by atoms with Crippen LogP contribution in [0.2, 0.25) is 5.02 Å². The van der Waals surface area contributed by atoms with E-state index in [9.17, 15) is 22.8 Å². The maximum Gasteiger partial charge on any atom is 0.410 e. The molecule has 0 aliphatic rings. The minimum absolute atomic E-state index is 0.0459. The zero-order chi connectivity index (χ0) is 30.3. The lowest BCUT2D eigenvalue weighted by Crippen LogP contribution is -2.33. The molecule has 0 bridgehead atoms. The molecule has 0 radical (unpaired) electrons. The van der Waals surface area contributed by atoms with Crippen molar-refractivity contribution in [2.45, 2.75) is 49.8 Å². The lowest BCUT2D eigenvalue weighted by molar-refractivity contribution is -0.134. The summed E-state index contributed by atoms with van der Waals surface area (Å²) in [6.45, 7) is 7.07. The smallest absolute Gasteiger partial charge is 0.410 e. The molecule has 2 N–H and O–H groups in total. The van der Waals surface area contributed by atoms with Crippen molar-refractivity contribution in [1.82, 2.24) is 19.7 Å². The Morgan fingerprint density at radius 2 is 1.68 bits per heavy atom. The topological polar surface area (TPSA) is 169 Å². The van der Waals surface area contributed by atoms with Crippen LogP contribution in [0.15, 0.2) is 70.7 Å². The van der Waals surface area contributed by atoms with Crippen molar-refractivity contribution < 1.29 is 37.8 Å². The van der Waals surface area contributed by atoms with Gasteiger partial charge in [-0.2, -0.15) is 5.10 Å². The van der Waals surface area contributed by atoms with E-state index in [4.69, 9.17) is 26.6 Å². The molecule has 12 nitrogen and oxygen atoms in total. The number of para-hydroxylation sites is 1. The Bertz CT molecular complexity index is 1510. The molecule has 1 amide bonds. The fourth-order valence-electron chi connectivity index (χ4n) is 3.07. The number of benzene rings is 1. The van der Waals surface area contributed by atoms with E-state index in [0.717, 1.165) is 0 Å². The van der Waals surface area contributed by atoms with Crippen LogP contribution < -0.4 is 0 Å². The van der Waals surface area contributed by atoms with Crippen LogP contribution in [0, 0.1) is 6.92 Å². The van der Waals surface area contributed by atoms with E-state index in [1.807, 2.05) is 0 Å². The molecule has 1 aromatic carbocycles. The average molecular weight is 593 g/mol. The van der Waals surface area contributed by atoms with E-state index in [2.05, 4.69) is 10.1 Å². The molecular formula is C26H29ClN4O8S. The van der Waals surface area contributed by atoms with Crippen LogP contribution in [-0.2, 0) is 30.7 Å². The largest absolute Gasteiger partial charge is 0.478 e. The number of sulfone groups is 1. The van der Waals surface area contributed by atoms with Gasteiger partial charge in [0.2, 0.25) is 9.84 Å². The second kappa shape index (κ2) is 13.2. The van der Waals surface area contributed by atoms with E-state index < -0.39 is 33.5 Å². The van der Waals surface area contributed by atoms with Crippen LogP contribution in [0.5, 0.6) is 0 Å². The number of aromatic nitrogens is 3. The Morgan fingerprint density at radius 3 is 2.20 bits per heavy atom. The van der Waals surface area contributed by atoms with E-state index in [1.54, 1.807) is 59.0 Å². The van der Waals surface area contributed by atoms with Crippen LogP contribution >= 0.6 is 11.6 Å². The molecule has 0 fully saturated rings. The SMILES string of the molecule is Cc1cc(S(=O)(=O)c2cc(CN(C)C(=O)OC(C)(C)C)nn2-c2ccccc2Cl)ccn1.O=C(O)/C=C/C(=O)O. The molecule has 3 rings (SSSR count). The van der Waals surface area contributed by atoms with Crippen molar-refractivity contribution >= 4 is 39.5 Å². The van der Waals surface area contributed by atoms with E-state index in [0.29, 0.717) is 34.2 Å². The highest BCUT2D eigenvalue weighted by Crippen LogP contribution is 2.28. The van der Waals surface area contributed by atoms with Gasteiger partial charge in [-0.3, -0.25) is 4.98 Å². The number of ether oxygens (including phenoxy) is 1. The van der Waals surface area contributed by atoms with Gasteiger partial charge >= 0.3 is 18.0 Å². The summed E-state index contributed by atoms with van der Waals surface area (Å²) in [5, 5.41) is 20.4. The Hall–Kier alpha value is -4.23. The molecule has 14 heteroatoms. The third kappa shape index (κ3) is 9.20. The zero-order valence-electron chi connectivity index (χ0n) is 22.4. The number of carboxylic acid groups (broad SMARTS) is 2. The van der Waals surface area contributed by atoms with Gasteiger partial charge in [0.1, 0.15) is 5.60 Å². The molecule has 0 atom stereocenters. The van der Waals surface area contributed by atoms with Crippen molar-refractivity contribution in [2.75, 3.05) is 7.05 Å². The third-order valence-electron chi connectivity index (χ3n) is 4.73. The average Bonchev–Trinajstić information content (AvgIpc) is 3.26. The highest BCUT2D eigenvalue weighted by Gasteiger charge is 2.27. The molecule has 3 aromatic rings. The maximum absolute atomic E-state index is 13.5. The molecule has 214 valence electrons. The summed E-state index contributed by atoms with van der Waals surface area (Å²) in [7, 11) is -2.40. The Labute approximate surface area is 236 Å². The van der Waals surface area contributed by atoms with Gasteiger partial charge in [0.25, 0.3) is 0 Å². The van der Waals surface area contributed by atoms with Crippen molar-refractivity contribution in [2.24, 2.45) is 0 Å². The van der Waals surface area contributed by atoms with Crippen LogP contribution in [0.3, 0.4) is 0 Å². The van der Waals surface area contributed by atoms with Crippen LogP contribution in [-0.4, -0.2) is 69.0 Å². The highest BCUT2D eigenvalue weighted by atomic mass is 35.5. The number of halogens is 1. The minimum atomic E-state index is -3.95. The summed E-state index contributed by atoms with van der Waals surface area (Å²) in [4.78, 5) is 37.0. The second-order valence-electron chi connectivity index (χ2n) is 9.32. The molecule has 40 heavy (non-hydrogen) atoms. The fraction of sp³-hybridized carbons (Fsp3) is 0.269. The number of carboxylic acids is 2. The first-order chi connectivity index (χ1) is 18.5. The number of aryl methyl sites for hydroxylation is 1. The summed E-state index contributed by atoms with van der Waals surface area (Å²) in [6.07, 6.45) is 2.01. The van der Waals surface area contributed by atoms with Crippen molar-refractivity contribution in [3.8, 4) is 5.69 Å². The van der Waals surface area contributed by atoms with Crippen LogP contribution in [0.1, 0.15) is 32.2 Å². The Kier molecular flexibility index (Phi) is 10.6. The molecule has 0 aliphatic heterocycles. The number of aliphatic carboxylic acids is 2. The van der Waals surface area contributed by atoms with Gasteiger partial charge in [0.15, 0.2) is 5.03 Å². The minimum Gasteiger partial charge on any atom is -0.478 e. The normalized spacial score (nSPS) is 11.4. The number of nitrogens with zero attached hydrogens (tertiary/aromatic N) is 4. The van der Waals surface area contributed by atoms with Gasteiger partial charge in [-0.05, 0) is 52.0 Å². The predicted molar refractivity (Wildman–Crippen MR) is 145 cm³/mol. The predicted octanol–water partition coefficient (Wildman–Crippen LogP) is 4.14. The molecular weight excluding hydrogens is 564 g/mol.